The van der Waals surface area contributed by atoms with Crippen molar-refractivity contribution in [2.75, 3.05) is 10.0 Å². The number of carbonyl (C=O) groups is 2. The fourth-order valence-electron chi connectivity index (χ4n) is 5.24. The Morgan fingerprint density at radius 2 is 1.67 bits per heavy atom. The van der Waals surface area contributed by atoms with Crippen LogP contribution in [0.2, 0.25) is 0 Å². The molecule has 9 nitrogen and oxygen atoms in total. The van der Waals surface area contributed by atoms with Crippen molar-refractivity contribution in [1.82, 2.24) is 5.16 Å². The Bertz CT molecular complexity index is 1240. The molecule has 2 bridgehead atoms. The van der Waals surface area contributed by atoms with Crippen molar-refractivity contribution in [3.8, 4) is 0 Å². The summed E-state index contributed by atoms with van der Waals surface area (Å²) in [5.41, 5.74) is 3.77. The van der Waals surface area contributed by atoms with Gasteiger partial charge in [-0.2, -0.15) is 0 Å². The number of rotatable bonds is 6. The van der Waals surface area contributed by atoms with Crippen molar-refractivity contribution < 1.29 is 27.6 Å². The zero-order valence-corrected chi connectivity index (χ0v) is 19.7. The molecule has 0 spiro atoms. The standard InChI is InChI=1S/C23H27N3O6S/c1-11(2)18-16-9-10-17(18)20(23(28)29)19(16)21(27)24-14-5-7-15(8-6-14)33(30,31)26-22-12(3)13(4)25-32-22/h5-8,16-17,19-20,26H,9-10H2,1-4H3,(H,24,27)(H,28,29)/t16-,17-,19+,20+/m1/s1. The fraction of sp³-hybridized carbons (Fsp3) is 0.435. The lowest BCUT2D eigenvalue weighted by Crippen LogP contribution is -2.37. The summed E-state index contributed by atoms with van der Waals surface area (Å²) in [6.07, 6.45) is 1.59. The smallest absolute Gasteiger partial charge is 0.307 e. The van der Waals surface area contributed by atoms with Crippen molar-refractivity contribution in [2.45, 2.75) is 45.4 Å². The molecular formula is C23H27N3O6S. The molecule has 0 saturated heterocycles. The van der Waals surface area contributed by atoms with Crippen LogP contribution >= 0.6 is 0 Å². The van der Waals surface area contributed by atoms with Gasteiger partial charge in [0.1, 0.15) is 0 Å². The van der Waals surface area contributed by atoms with Crippen molar-refractivity contribution in [3.05, 3.63) is 46.7 Å². The topological polar surface area (TPSA) is 139 Å². The van der Waals surface area contributed by atoms with Crippen LogP contribution < -0.4 is 10.0 Å². The monoisotopic (exact) mass is 473 g/mol. The molecule has 0 unspecified atom stereocenters. The molecular weight excluding hydrogens is 446 g/mol. The number of aliphatic carboxylic acids is 1. The number of amides is 1. The predicted octanol–water partition coefficient (Wildman–Crippen LogP) is 3.72. The van der Waals surface area contributed by atoms with Crippen LogP contribution in [0, 0.1) is 37.5 Å². The number of carboxylic acid groups (broad SMARTS) is 1. The van der Waals surface area contributed by atoms with Gasteiger partial charge in [0.05, 0.1) is 22.4 Å². The molecule has 33 heavy (non-hydrogen) atoms. The number of allylic oxidation sites excluding steroid dienone is 2. The molecule has 0 radical (unpaired) electrons. The van der Waals surface area contributed by atoms with Gasteiger partial charge >= 0.3 is 5.97 Å². The lowest BCUT2D eigenvalue weighted by atomic mass is 9.78. The molecule has 1 amide bonds. The first kappa shape index (κ1) is 23.0. The second kappa shape index (κ2) is 8.33. The third-order valence-corrected chi connectivity index (χ3v) is 8.17. The first-order valence-electron chi connectivity index (χ1n) is 10.8. The lowest BCUT2D eigenvalue weighted by Gasteiger charge is -2.26. The van der Waals surface area contributed by atoms with Gasteiger partial charge < -0.3 is 14.9 Å². The highest BCUT2D eigenvalue weighted by Gasteiger charge is 2.57. The zero-order valence-electron chi connectivity index (χ0n) is 18.9. The number of carboxylic acids is 1. The number of nitrogens with zero attached hydrogens (tertiary/aromatic N) is 1. The van der Waals surface area contributed by atoms with Crippen LogP contribution in [-0.4, -0.2) is 30.6 Å². The van der Waals surface area contributed by atoms with Gasteiger partial charge in [0.15, 0.2) is 0 Å². The molecule has 4 rings (SSSR count). The third-order valence-electron chi connectivity index (χ3n) is 6.82. The van der Waals surface area contributed by atoms with Crippen LogP contribution in [-0.2, 0) is 19.6 Å². The van der Waals surface area contributed by atoms with Crippen LogP contribution in [0.25, 0.3) is 0 Å². The van der Waals surface area contributed by atoms with E-state index in [1.807, 2.05) is 13.8 Å². The average molecular weight is 474 g/mol. The summed E-state index contributed by atoms with van der Waals surface area (Å²) in [6, 6.07) is 5.70. The van der Waals surface area contributed by atoms with Gasteiger partial charge in [0.2, 0.25) is 11.8 Å². The van der Waals surface area contributed by atoms with E-state index >= 15 is 0 Å². The van der Waals surface area contributed by atoms with Crippen LogP contribution in [0.5, 0.6) is 0 Å². The lowest BCUT2D eigenvalue weighted by molar-refractivity contribution is -0.148. The Labute approximate surface area is 192 Å². The van der Waals surface area contributed by atoms with E-state index < -0.39 is 27.8 Å². The van der Waals surface area contributed by atoms with E-state index in [-0.39, 0.29) is 28.5 Å². The number of aryl methyl sites for hydroxylation is 1. The van der Waals surface area contributed by atoms with E-state index in [9.17, 15) is 23.1 Å². The maximum absolute atomic E-state index is 13.1. The highest BCUT2D eigenvalue weighted by Crippen LogP contribution is 2.57. The van der Waals surface area contributed by atoms with Gasteiger partial charge in [-0.15, -0.1) is 0 Å². The molecule has 0 aliphatic heterocycles. The Kier molecular flexibility index (Phi) is 5.81. The van der Waals surface area contributed by atoms with Crippen LogP contribution in [0.4, 0.5) is 11.6 Å². The Hall–Kier alpha value is -3.14. The van der Waals surface area contributed by atoms with E-state index in [2.05, 4.69) is 15.2 Å². The number of hydrogen-bond donors (Lipinski definition) is 3. The molecule has 2 aliphatic rings. The SMILES string of the molecule is CC(C)=C1[C@H]2CC[C@H]1[C@H](C(=O)Nc1ccc(S(=O)(=O)Nc3onc(C)c3C)cc1)[C@H]2C(=O)O. The maximum Gasteiger partial charge on any atom is 0.307 e. The first-order chi connectivity index (χ1) is 15.5. The van der Waals surface area contributed by atoms with Gasteiger partial charge in [0, 0.05) is 11.3 Å². The summed E-state index contributed by atoms with van der Waals surface area (Å²) < 4.78 is 32.7. The van der Waals surface area contributed by atoms with Crippen LogP contribution in [0.3, 0.4) is 0 Å². The van der Waals surface area contributed by atoms with E-state index in [1.165, 1.54) is 24.3 Å². The molecule has 10 heteroatoms. The summed E-state index contributed by atoms with van der Waals surface area (Å²) >= 11 is 0. The van der Waals surface area contributed by atoms with Crippen molar-refractivity contribution in [3.63, 3.8) is 0 Å². The normalized spacial score (nSPS) is 24.1. The van der Waals surface area contributed by atoms with Crippen LogP contribution in [0.1, 0.15) is 37.9 Å². The minimum absolute atomic E-state index is 0.0101. The van der Waals surface area contributed by atoms with Gasteiger partial charge in [-0.05, 0) is 76.6 Å². The highest BCUT2D eigenvalue weighted by atomic mass is 32.2. The first-order valence-corrected chi connectivity index (χ1v) is 12.3. The predicted molar refractivity (Wildman–Crippen MR) is 121 cm³/mol. The number of fused-ring (bicyclic) bond motifs is 2. The van der Waals surface area contributed by atoms with Gasteiger partial charge in [-0.3, -0.25) is 9.59 Å². The number of sulfonamides is 1. The molecule has 2 saturated carbocycles. The number of carbonyl (C=O) groups excluding carboxylic acids is 1. The van der Waals surface area contributed by atoms with E-state index in [4.69, 9.17) is 4.52 Å². The zero-order chi connectivity index (χ0) is 24.1. The molecule has 2 aromatic rings. The minimum Gasteiger partial charge on any atom is -0.481 e. The Balaban J connectivity index is 1.51. The molecule has 1 heterocycles. The molecule has 1 aromatic heterocycles. The number of hydrogen-bond acceptors (Lipinski definition) is 6. The van der Waals surface area contributed by atoms with E-state index in [0.29, 0.717) is 16.9 Å². The summed E-state index contributed by atoms with van der Waals surface area (Å²) in [7, 11) is -3.91. The number of nitrogens with one attached hydrogen (secondary N) is 2. The second-order valence-corrected chi connectivity index (χ2v) is 10.7. The molecule has 176 valence electrons. The molecule has 2 aliphatic carbocycles. The number of anilines is 2. The number of aromatic nitrogens is 1. The van der Waals surface area contributed by atoms with Gasteiger partial charge in [-0.25, -0.2) is 13.1 Å². The maximum atomic E-state index is 13.1. The number of benzene rings is 1. The third kappa shape index (κ3) is 4.03. The molecule has 1 aromatic carbocycles. The molecule has 4 atom stereocenters. The van der Waals surface area contributed by atoms with Gasteiger partial charge in [-0.1, -0.05) is 16.3 Å². The highest BCUT2D eigenvalue weighted by molar-refractivity contribution is 7.92. The Morgan fingerprint density at radius 3 is 2.18 bits per heavy atom. The summed E-state index contributed by atoms with van der Waals surface area (Å²) in [4.78, 5) is 25.1. The molecule has 2 fully saturated rings. The minimum atomic E-state index is -3.91. The Morgan fingerprint density at radius 1 is 1.06 bits per heavy atom. The second-order valence-electron chi connectivity index (χ2n) is 8.98. The van der Waals surface area contributed by atoms with Crippen molar-refractivity contribution >= 4 is 33.5 Å². The van der Waals surface area contributed by atoms with Gasteiger partial charge in [0.25, 0.3) is 10.0 Å². The quantitative estimate of drug-likeness (QED) is 0.543. The van der Waals surface area contributed by atoms with Crippen molar-refractivity contribution in [2.24, 2.45) is 23.7 Å². The largest absolute Gasteiger partial charge is 0.481 e. The van der Waals surface area contributed by atoms with Crippen molar-refractivity contribution in [1.29, 1.82) is 0 Å². The summed E-state index contributed by atoms with van der Waals surface area (Å²) in [5.74, 6) is -2.81. The van der Waals surface area contributed by atoms with E-state index in [0.717, 1.165) is 24.0 Å². The summed E-state index contributed by atoms with van der Waals surface area (Å²) in [5, 5.41) is 16.3. The average Bonchev–Trinajstić information content (AvgIpc) is 3.41. The fourth-order valence-corrected chi connectivity index (χ4v) is 6.29. The van der Waals surface area contributed by atoms with E-state index in [1.54, 1.807) is 13.8 Å². The van der Waals surface area contributed by atoms with Crippen LogP contribution in [0.15, 0.2) is 44.8 Å². The summed E-state index contributed by atoms with van der Waals surface area (Å²) in [6.45, 7) is 7.34. The molecule has 3 N–H and O–H groups in total.